The largest absolute Gasteiger partial charge is 0.451 e. The predicted octanol–water partition coefficient (Wildman–Crippen LogP) is 4.19. The second-order valence-corrected chi connectivity index (χ2v) is 12.3. The van der Waals surface area contributed by atoms with Crippen LogP contribution in [0.25, 0.3) is 10.2 Å². The van der Waals surface area contributed by atoms with E-state index in [-0.39, 0.29) is 18.9 Å². The molecule has 0 saturated carbocycles. The number of hydrogen-bond acceptors (Lipinski definition) is 11. The number of fused-ring (bicyclic) bond motifs is 2. The molecule has 0 spiro atoms. The van der Waals surface area contributed by atoms with Gasteiger partial charge < -0.3 is 23.8 Å². The predicted molar refractivity (Wildman–Crippen MR) is 144 cm³/mol. The fourth-order valence-corrected chi connectivity index (χ4v) is 5.97. The van der Waals surface area contributed by atoms with Crippen molar-refractivity contribution in [2.75, 3.05) is 36.2 Å². The molecule has 0 bridgehead atoms. The number of alkyl halides is 3. The van der Waals surface area contributed by atoms with Crippen LogP contribution < -0.4 is 9.80 Å². The topological polar surface area (TPSA) is 116 Å². The average molecular weight is 596 g/mol. The van der Waals surface area contributed by atoms with Gasteiger partial charge in [-0.25, -0.2) is 4.98 Å². The highest BCUT2D eigenvalue weighted by Gasteiger charge is 2.40. The first-order chi connectivity index (χ1) is 19.3. The Bertz CT molecular complexity index is 1450. The lowest BCUT2D eigenvalue weighted by atomic mass is 9.98. The van der Waals surface area contributed by atoms with Gasteiger partial charge in [-0.1, -0.05) is 13.3 Å². The maximum absolute atomic E-state index is 13.4. The lowest BCUT2D eigenvalue weighted by Gasteiger charge is -2.30. The zero-order valence-corrected chi connectivity index (χ0v) is 24.1. The minimum absolute atomic E-state index is 0.0708. The van der Waals surface area contributed by atoms with E-state index in [9.17, 15) is 22.8 Å². The van der Waals surface area contributed by atoms with E-state index in [1.165, 1.54) is 0 Å². The van der Waals surface area contributed by atoms with Crippen molar-refractivity contribution in [3.05, 3.63) is 22.6 Å². The second kappa shape index (κ2) is 11.1. The van der Waals surface area contributed by atoms with Gasteiger partial charge >= 0.3 is 18.1 Å². The number of halogens is 3. The molecule has 3 aromatic heterocycles. The Kier molecular flexibility index (Phi) is 7.83. The van der Waals surface area contributed by atoms with Crippen molar-refractivity contribution in [2.24, 2.45) is 11.3 Å². The lowest BCUT2D eigenvalue weighted by Crippen LogP contribution is -2.36. The minimum Gasteiger partial charge on any atom is -0.428 e. The Labute approximate surface area is 238 Å². The molecule has 1 unspecified atom stereocenters. The first-order valence-electron chi connectivity index (χ1n) is 13.5. The Morgan fingerprint density at radius 2 is 1.85 bits per heavy atom. The number of carbonyl (C=O) groups is 2. The molecule has 5 rings (SSSR count). The molecule has 11 nitrogen and oxygen atoms in total. The highest BCUT2D eigenvalue weighted by molar-refractivity contribution is 7.18. The van der Waals surface area contributed by atoms with Crippen LogP contribution in [0, 0.1) is 11.3 Å². The maximum Gasteiger partial charge on any atom is 0.451 e. The Morgan fingerprint density at radius 3 is 2.56 bits per heavy atom. The second-order valence-electron chi connectivity index (χ2n) is 11.2. The van der Waals surface area contributed by atoms with E-state index in [4.69, 9.17) is 19.4 Å². The molecule has 3 aromatic rings. The molecule has 1 atom stereocenters. The molecule has 2 aliphatic rings. The van der Waals surface area contributed by atoms with Crippen LogP contribution in [0.15, 0.2) is 6.07 Å². The van der Waals surface area contributed by atoms with Crippen molar-refractivity contribution in [3.8, 4) is 0 Å². The van der Waals surface area contributed by atoms with Crippen LogP contribution in [0.5, 0.6) is 0 Å². The zero-order valence-electron chi connectivity index (χ0n) is 23.3. The summed E-state index contributed by atoms with van der Waals surface area (Å²) in [6.45, 7) is 8.11. The summed E-state index contributed by atoms with van der Waals surface area (Å²) in [6, 6.07) is 2.05. The molecule has 0 radical (unpaired) electrons. The van der Waals surface area contributed by atoms with E-state index in [1.807, 2.05) is 15.9 Å². The number of nitrogens with zero attached hydrogens (tertiary/aromatic N) is 7. The van der Waals surface area contributed by atoms with Gasteiger partial charge in [0.25, 0.3) is 0 Å². The van der Waals surface area contributed by atoms with Gasteiger partial charge in [-0.3, -0.25) is 9.59 Å². The molecule has 0 amide bonds. The smallest absolute Gasteiger partial charge is 0.428 e. The van der Waals surface area contributed by atoms with Gasteiger partial charge in [0.15, 0.2) is 5.82 Å². The first-order valence-corrected chi connectivity index (χ1v) is 14.3. The van der Waals surface area contributed by atoms with E-state index in [1.54, 1.807) is 32.1 Å². The van der Waals surface area contributed by atoms with E-state index in [2.05, 4.69) is 17.1 Å². The van der Waals surface area contributed by atoms with Crippen molar-refractivity contribution in [1.29, 1.82) is 0 Å². The Hall–Kier alpha value is -3.49. The van der Waals surface area contributed by atoms with E-state index < -0.39 is 42.1 Å². The number of aryl methyl sites for hydroxylation is 1. The number of rotatable bonds is 7. The standard InChI is InChI=1S/C26H32F3N7O4S/c1-5-6-16-11-17-19(34-9-10-36-18(13-34)32-33-22(36)26(27,28)29)30-24(31-20(17)41-16)35-8-7-15(12-35)21(37)39-14-40-23(38)25(2,3)4/h11,15H,5-10,12-14H2,1-4H3. The number of anilines is 2. The van der Waals surface area contributed by atoms with Crippen molar-refractivity contribution < 1.29 is 32.2 Å². The van der Waals surface area contributed by atoms with Gasteiger partial charge in [0, 0.05) is 31.1 Å². The fraction of sp³-hybridized carbons (Fsp3) is 0.615. The number of thiophene rings is 1. The monoisotopic (exact) mass is 595 g/mol. The summed E-state index contributed by atoms with van der Waals surface area (Å²) in [6.07, 6.45) is -2.23. The highest BCUT2D eigenvalue weighted by atomic mass is 32.1. The van der Waals surface area contributed by atoms with Gasteiger partial charge in [0.2, 0.25) is 18.6 Å². The molecule has 0 aromatic carbocycles. The van der Waals surface area contributed by atoms with Crippen LogP contribution in [0.2, 0.25) is 0 Å². The van der Waals surface area contributed by atoms with Crippen molar-refractivity contribution in [2.45, 2.75) is 66.2 Å². The van der Waals surface area contributed by atoms with Gasteiger partial charge in [-0.15, -0.1) is 21.5 Å². The summed E-state index contributed by atoms with van der Waals surface area (Å²) < 4.78 is 51.4. The molecule has 15 heteroatoms. The summed E-state index contributed by atoms with van der Waals surface area (Å²) in [5, 5.41) is 8.03. The minimum atomic E-state index is -4.58. The van der Waals surface area contributed by atoms with Crippen molar-refractivity contribution in [1.82, 2.24) is 24.7 Å². The average Bonchev–Trinajstić information content (AvgIpc) is 3.64. The van der Waals surface area contributed by atoms with E-state index in [0.29, 0.717) is 37.8 Å². The van der Waals surface area contributed by atoms with Crippen LogP contribution in [0.1, 0.15) is 57.1 Å². The van der Waals surface area contributed by atoms with Crippen molar-refractivity contribution >= 4 is 45.3 Å². The van der Waals surface area contributed by atoms with E-state index >= 15 is 0 Å². The number of hydrogen-bond donors (Lipinski definition) is 0. The maximum atomic E-state index is 13.4. The SMILES string of the molecule is CCCc1cc2c(N3CCn4c(nnc4C(F)(F)F)C3)nc(N3CCC(C(=O)OCOC(=O)C(C)(C)C)C3)nc2s1. The zero-order chi connectivity index (χ0) is 29.5. The molecule has 2 aliphatic heterocycles. The number of carbonyl (C=O) groups excluding carboxylic acids is 2. The molecule has 1 fully saturated rings. The van der Waals surface area contributed by atoms with Crippen LogP contribution >= 0.6 is 11.3 Å². The molecule has 1 saturated heterocycles. The Balaban J connectivity index is 1.35. The number of ether oxygens (including phenoxy) is 2. The summed E-state index contributed by atoms with van der Waals surface area (Å²) in [5.41, 5.74) is -0.701. The van der Waals surface area contributed by atoms with Crippen LogP contribution in [0.4, 0.5) is 24.9 Å². The molecule has 0 aliphatic carbocycles. The molecule has 0 N–H and O–H groups in total. The van der Waals surface area contributed by atoms with Gasteiger partial charge in [-0.05, 0) is 39.7 Å². The van der Waals surface area contributed by atoms with Crippen LogP contribution in [0.3, 0.4) is 0 Å². The number of aromatic nitrogens is 5. The quantitative estimate of drug-likeness (QED) is 0.291. The first kappa shape index (κ1) is 29.0. The summed E-state index contributed by atoms with van der Waals surface area (Å²) >= 11 is 1.56. The molecule has 41 heavy (non-hydrogen) atoms. The van der Waals surface area contributed by atoms with Gasteiger partial charge in [0.05, 0.1) is 23.3 Å². The summed E-state index contributed by atoms with van der Waals surface area (Å²) in [7, 11) is 0. The van der Waals surface area contributed by atoms with Gasteiger partial charge in [0.1, 0.15) is 10.6 Å². The van der Waals surface area contributed by atoms with Crippen LogP contribution in [-0.4, -0.2) is 63.1 Å². The molecule has 5 heterocycles. The number of esters is 2. The third kappa shape index (κ3) is 6.09. The fourth-order valence-electron chi connectivity index (χ4n) is 4.86. The third-order valence-corrected chi connectivity index (χ3v) is 8.11. The van der Waals surface area contributed by atoms with Crippen molar-refractivity contribution in [3.63, 3.8) is 0 Å². The summed E-state index contributed by atoms with van der Waals surface area (Å²) in [4.78, 5) is 40.0. The normalized spacial score (nSPS) is 17.7. The molecule has 222 valence electrons. The lowest BCUT2D eigenvalue weighted by molar-refractivity contribution is -0.175. The third-order valence-electron chi connectivity index (χ3n) is 7.02. The van der Waals surface area contributed by atoms with Gasteiger partial charge in [-0.2, -0.15) is 18.2 Å². The Morgan fingerprint density at radius 1 is 1.07 bits per heavy atom. The molecular formula is C26H32F3N7O4S. The summed E-state index contributed by atoms with van der Waals surface area (Å²) in [5.74, 6) is -1.09. The van der Waals surface area contributed by atoms with E-state index in [0.717, 1.165) is 32.5 Å². The molecular weight excluding hydrogens is 563 g/mol. The van der Waals surface area contributed by atoms with Crippen LogP contribution in [-0.2, 0) is 44.7 Å². The highest BCUT2D eigenvalue weighted by Crippen LogP contribution is 2.37.